The molecule has 1 aromatic rings. The van der Waals surface area contributed by atoms with E-state index in [1.165, 1.54) is 0 Å². The molecule has 2 aliphatic rings. The van der Waals surface area contributed by atoms with Crippen LogP contribution in [0, 0.1) is 18.3 Å². The molecule has 0 aromatic heterocycles. The third-order valence-corrected chi connectivity index (χ3v) is 6.64. The molecule has 1 saturated carbocycles. The Morgan fingerprint density at radius 2 is 1.93 bits per heavy atom. The van der Waals surface area contributed by atoms with Gasteiger partial charge in [0.05, 0.1) is 11.5 Å². The average Bonchev–Trinajstić information content (AvgIpc) is 2.63. The first-order valence-electron chi connectivity index (χ1n) is 10.4. The van der Waals surface area contributed by atoms with Crippen LogP contribution in [0.3, 0.4) is 0 Å². The zero-order chi connectivity index (χ0) is 21.2. The second-order valence-corrected chi connectivity index (χ2v) is 10.1. The van der Waals surface area contributed by atoms with Gasteiger partial charge in [0, 0.05) is 29.5 Å². The molecule has 4 nitrogen and oxygen atoms in total. The Balaban J connectivity index is 2.05. The largest absolute Gasteiger partial charge is 0.461 e. The third-order valence-electron chi connectivity index (χ3n) is 5.77. The third kappa shape index (κ3) is 4.66. The van der Waals surface area contributed by atoms with Crippen molar-refractivity contribution in [3.8, 4) is 0 Å². The molecular weight excluding hydrogens is 382 g/mol. The van der Waals surface area contributed by atoms with E-state index in [0.29, 0.717) is 24.3 Å². The maximum atomic E-state index is 13.3. The molecule has 1 heterocycles. The van der Waals surface area contributed by atoms with Gasteiger partial charge >= 0.3 is 5.97 Å². The number of esters is 1. The molecule has 156 valence electrons. The molecule has 1 aliphatic heterocycles. The number of aliphatic imine (C=N–C) groups is 1. The van der Waals surface area contributed by atoms with Gasteiger partial charge in [-0.3, -0.25) is 9.79 Å². The second kappa shape index (κ2) is 8.86. The Kier molecular flexibility index (Phi) is 6.67. The van der Waals surface area contributed by atoms with Gasteiger partial charge in [-0.05, 0) is 42.6 Å². The van der Waals surface area contributed by atoms with Gasteiger partial charge in [0.2, 0.25) is 0 Å². The Bertz CT molecular complexity index is 869. The van der Waals surface area contributed by atoms with E-state index in [4.69, 9.17) is 9.73 Å². The van der Waals surface area contributed by atoms with Crippen molar-refractivity contribution in [3.05, 3.63) is 46.7 Å². The van der Waals surface area contributed by atoms with Crippen LogP contribution < -0.4 is 0 Å². The van der Waals surface area contributed by atoms with E-state index in [1.807, 2.05) is 38.1 Å². The van der Waals surface area contributed by atoms with Gasteiger partial charge in [-0.2, -0.15) is 11.8 Å². The quantitative estimate of drug-likeness (QED) is 0.480. The van der Waals surface area contributed by atoms with Crippen LogP contribution in [0.15, 0.2) is 40.5 Å². The number of hydrogen-bond acceptors (Lipinski definition) is 5. The maximum Gasteiger partial charge on any atom is 0.336 e. The van der Waals surface area contributed by atoms with Crippen LogP contribution in [0.25, 0.3) is 0 Å². The van der Waals surface area contributed by atoms with Crippen LogP contribution in [0.1, 0.15) is 57.6 Å². The van der Waals surface area contributed by atoms with Crippen molar-refractivity contribution >= 4 is 29.2 Å². The zero-order valence-corrected chi connectivity index (χ0v) is 18.9. The van der Waals surface area contributed by atoms with Crippen LogP contribution >= 0.6 is 11.8 Å². The molecule has 1 fully saturated rings. The summed E-state index contributed by atoms with van der Waals surface area (Å²) in [5.74, 6) is 0.902. The summed E-state index contributed by atoms with van der Waals surface area (Å²) in [6.45, 7) is 10.6. The Labute approximate surface area is 178 Å². The molecule has 3 rings (SSSR count). The van der Waals surface area contributed by atoms with Crippen LogP contribution in [-0.4, -0.2) is 35.6 Å². The molecule has 0 radical (unpaired) electrons. The lowest BCUT2D eigenvalue weighted by molar-refractivity contribution is -0.139. The number of allylic oxidation sites excluding steroid dienone is 1. The fraction of sp³-hybridized carbons (Fsp3) is 0.542. The van der Waals surface area contributed by atoms with Crippen molar-refractivity contribution in [2.75, 3.05) is 18.1 Å². The van der Waals surface area contributed by atoms with Crippen molar-refractivity contribution in [2.45, 2.75) is 53.4 Å². The first-order chi connectivity index (χ1) is 13.7. The number of carbonyl (C=O) groups excluding carboxylic acids is 2. The summed E-state index contributed by atoms with van der Waals surface area (Å²) >= 11 is 1.74. The number of Topliss-reactive ketones (excluding diaryl/α,β-unsaturated/α-hetero) is 1. The number of thioether (sulfide) groups is 1. The van der Waals surface area contributed by atoms with Crippen molar-refractivity contribution in [1.29, 1.82) is 0 Å². The molecule has 5 heteroatoms. The van der Waals surface area contributed by atoms with E-state index in [0.717, 1.165) is 34.8 Å². The predicted octanol–water partition coefficient (Wildman–Crippen LogP) is 5.11. The summed E-state index contributed by atoms with van der Waals surface area (Å²) in [4.78, 5) is 31.1. The number of ether oxygens (including phenoxy) is 1. The van der Waals surface area contributed by atoms with E-state index in [9.17, 15) is 9.59 Å². The minimum atomic E-state index is -0.375. The predicted molar refractivity (Wildman–Crippen MR) is 120 cm³/mol. The summed E-state index contributed by atoms with van der Waals surface area (Å²) in [6.07, 6.45) is 1.28. The highest BCUT2D eigenvalue weighted by molar-refractivity contribution is 7.99. The van der Waals surface area contributed by atoms with E-state index in [2.05, 4.69) is 20.8 Å². The molecule has 1 aliphatic carbocycles. The van der Waals surface area contributed by atoms with Crippen LogP contribution in [0.2, 0.25) is 0 Å². The van der Waals surface area contributed by atoms with Crippen molar-refractivity contribution < 1.29 is 14.3 Å². The summed E-state index contributed by atoms with van der Waals surface area (Å²) in [5, 5.41) is 0. The summed E-state index contributed by atoms with van der Waals surface area (Å²) in [6, 6.07) is 8.03. The molecule has 29 heavy (non-hydrogen) atoms. The highest BCUT2D eigenvalue weighted by Gasteiger charge is 2.47. The highest BCUT2D eigenvalue weighted by atomic mass is 32.2. The molecule has 0 N–H and O–H groups in total. The first-order valence-corrected chi connectivity index (χ1v) is 11.5. The monoisotopic (exact) mass is 413 g/mol. The van der Waals surface area contributed by atoms with Gasteiger partial charge in [-0.1, -0.05) is 45.0 Å². The number of aryl methyl sites for hydroxylation is 1. The molecule has 1 aromatic carbocycles. The molecule has 2 unspecified atom stereocenters. The average molecular weight is 414 g/mol. The molecule has 2 atom stereocenters. The number of carbonyl (C=O) groups is 2. The number of nitrogens with zero attached hydrogens (tertiary/aromatic N) is 1. The number of benzene rings is 1. The van der Waals surface area contributed by atoms with Gasteiger partial charge in [0.25, 0.3) is 0 Å². The fourth-order valence-electron chi connectivity index (χ4n) is 4.55. The van der Waals surface area contributed by atoms with Crippen LogP contribution in [-0.2, 0) is 14.3 Å². The molecule has 0 bridgehead atoms. The fourth-order valence-corrected chi connectivity index (χ4v) is 5.04. The summed E-state index contributed by atoms with van der Waals surface area (Å²) < 4.78 is 5.60. The standard InChI is InChI=1S/C24H31NO3S/c1-6-29-12-11-28-23(27)20-16(3)25-18-13-24(4,5)14-19(26)22(18)21(20)17-10-8-7-9-15(17)2/h7-10,21-22H,6,11-14H2,1-5H3. The van der Waals surface area contributed by atoms with Crippen molar-refractivity contribution in [3.63, 3.8) is 0 Å². The lowest BCUT2D eigenvalue weighted by Gasteiger charge is -2.41. The Morgan fingerprint density at radius 1 is 1.21 bits per heavy atom. The minimum absolute atomic E-state index is 0.0988. The molecule has 0 saturated heterocycles. The summed E-state index contributed by atoms with van der Waals surface area (Å²) in [7, 11) is 0. The van der Waals surface area contributed by atoms with Crippen LogP contribution in [0.5, 0.6) is 0 Å². The minimum Gasteiger partial charge on any atom is -0.461 e. The topological polar surface area (TPSA) is 55.7 Å². The first kappa shape index (κ1) is 21.8. The second-order valence-electron chi connectivity index (χ2n) is 8.73. The summed E-state index contributed by atoms with van der Waals surface area (Å²) in [5.41, 5.74) is 4.14. The molecule has 0 spiro atoms. The van der Waals surface area contributed by atoms with Crippen molar-refractivity contribution in [1.82, 2.24) is 0 Å². The van der Waals surface area contributed by atoms with Gasteiger partial charge < -0.3 is 4.74 Å². The lowest BCUT2D eigenvalue weighted by atomic mass is 9.63. The van der Waals surface area contributed by atoms with Gasteiger partial charge in [0.15, 0.2) is 0 Å². The number of fused-ring (bicyclic) bond motifs is 1. The SMILES string of the molecule is CCSCCOC(=O)C1=C(C)N=C2CC(C)(C)CC(=O)C2C1c1ccccc1C. The number of rotatable bonds is 6. The lowest BCUT2D eigenvalue weighted by Crippen LogP contribution is -2.44. The normalized spacial score (nSPS) is 23.5. The van der Waals surface area contributed by atoms with E-state index in [1.54, 1.807) is 11.8 Å². The van der Waals surface area contributed by atoms with E-state index < -0.39 is 0 Å². The van der Waals surface area contributed by atoms with Gasteiger partial charge in [-0.15, -0.1) is 0 Å². The van der Waals surface area contributed by atoms with E-state index in [-0.39, 0.29) is 29.0 Å². The van der Waals surface area contributed by atoms with Crippen LogP contribution in [0.4, 0.5) is 0 Å². The van der Waals surface area contributed by atoms with Gasteiger partial charge in [-0.25, -0.2) is 4.79 Å². The smallest absolute Gasteiger partial charge is 0.336 e. The van der Waals surface area contributed by atoms with Gasteiger partial charge in [0.1, 0.15) is 12.4 Å². The number of ketones is 1. The van der Waals surface area contributed by atoms with Crippen molar-refractivity contribution in [2.24, 2.45) is 16.3 Å². The molecular formula is C24H31NO3S. The highest BCUT2D eigenvalue weighted by Crippen LogP contribution is 2.47. The molecule has 0 amide bonds. The Morgan fingerprint density at radius 3 is 2.62 bits per heavy atom. The van der Waals surface area contributed by atoms with E-state index >= 15 is 0 Å². The Hall–Kier alpha value is -1.88. The number of hydrogen-bond donors (Lipinski definition) is 0. The maximum absolute atomic E-state index is 13.3. The zero-order valence-electron chi connectivity index (χ0n) is 18.1.